The zero-order valence-corrected chi connectivity index (χ0v) is 25.8. The van der Waals surface area contributed by atoms with Crippen LogP contribution in [0.4, 0.5) is 0 Å². The van der Waals surface area contributed by atoms with E-state index in [4.69, 9.17) is 18.9 Å². The molecule has 0 saturated carbocycles. The first-order chi connectivity index (χ1) is 19.9. The maximum Gasteiger partial charge on any atom is 0.316 e. The molecule has 0 radical (unpaired) electrons. The first-order valence-corrected chi connectivity index (χ1v) is 15.5. The van der Waals surface area contributed by atoms with Gasteiger partial charge < -0.3 is 34.3 Å². The second kappa shape index (κ2) is 12.1. The van der Waals surface area contributed by atoms with Crippen molar-refractivity contribution in [3.63, 3.8) is 0 Å². The fraction of sp³-hybridized carbons (Fsp3) is 0.676. The average Bonchev–Trinajstić information content (AvgIpc) is 3.27. The summed E-state index contributed by atoms with van der Waals surface area (Å²) in [5.74, 6) is -2.65. The summed E-state index contributed by atoms with van der Waals surface area (Å²) in [5.41, 5.74) is 1.62. The third kappa shape index (κ3) is 5.74. The van der Waals surface area contributed by atoms with Crippen LogP contribution in [0.5, 0.6) is 0 Å². The van der Waals surface area contributed by atoms with Gasteiger partial charge in [-0.15, -0.1) is 0 Å². The molecule has 2 bridgehead atoms. The van der Waals surface area contributed by atoms with Gasteiger partial charge in [-0.05, 0) is 75.5 Å². The number of aliphatic hydroxyl groups excluding tert-OH is 2. The number of carbonyl (C=O) groups excluding carboxylic acids is 1. The molecule has 1 spiro atoms. The molecule has 42 heavy (non-hydrogen) atoms. The predicted octanol–water partition coefficient (Wildman–Crippen LogP) is 4.45. The van der Waals surface area contributed by atoms with Crippen LogP contribution in [0.15, 0.2) is 58.7 Å². The summed E-state index contributed by atoms with van der Waals surface area (Å²) in [6.07, 6.45) is 10.0. The molecule has 0 aromatic carbocycles. The molecular formula is C34H48O8. The molecular weight excluding hydrogens is 536 g/mol. The molecule has 5 aliphatic rings. The van der Waals surface area contributed by atoms with Gasteiger partial charge in [-0.3, -0.25) is 4.79 Å². The minimum Gasteiger partial charge on any atom is -0.462 e. The summed E-state index contributed by atoms with van der Waals surface area (Å²) in [7, 11) is 0. The third-order valence-electron chi connectivity index (χ3n) is 9.92. The molecule has 8 heteroatoms. The summed E-state index contributed by atoms with van der Waals surface area (Å²) in [6.45, 7) is 12.1. The number of rotatable bonds is 1. The summed E-state index contributed by atoms with van der Waals surface area (Å²) in [4.78, 5) is 14.0. The largest absolute Gasteiger partial charge is 0.462 e. The van der Waals surface area contributed by atoms with Crippen molar-refractivity contribution in [2.24, 2.45) is 17.8 Å². The number of hydrogen-bond donors (Lipinski definition) is 3. The van der Waals surface area contributed by atoms with Gasteiger partial charge in [0.2, 0.25) is 0 Å². The Morgan fingerprint density at radius 1 is 1.12 bits per heavy atom. The lowest BCUT2D eigenvalue weighted by Gasteiger charge is -2.52. The zero-order chi connectivity index (χ0) is 30.4. The molecule has 11 atom stereocenters. The highest BCUT2D eigenvalue weighted by Crippen LogP contribution is 2.47. The molecule has 4 aliphatic heterocycles. The lowest BCUT2D eigenvalue weighted by molar-refractivity contribution is -0.363. The Labute approximate surface area is 249 Å². The van der Waals surface area contributed by atoms with Crippen molar-refractivity contribution in [3.05, 3.63) is 58.7 Å². The lowest BCUT2D eigenvalue weighted by Crippen LogP contribution is -2.62. The minimum absolute atomic E-state index is 0.0922. The fourth-order valence-corrected chi connectivity index (χ4v) is 7.43. The third-order valence-corrected chi connectivity index (χ3v) is 9.92. The molecule has 3 fully saturated rings. The topological polar surface area (TPSA) is 115 Å². The van der Waals surface area contributed by atoms with Crippen LogP contribution in [0, 0.1) is 17.8 Å². The Kier molecular flexibility index (Phi) is 9.06. The van der Waals surface area contributed by atoms with E-state index in [9.17, 15) is 20.1 Å². The van der Waals surface area contributed by atoms with Crippen molar-refractivity contribution in [1.82, 2.24) is 0 Å². The molecule has 4 heterocycles. The van der Waals surface area contributed by atoms with Gasteiger partial charge >= 0.3 is 5.97 Å². The van der Waals surface area contributed by atoms with Crippen LogP contribution in [-0.4, -0.2) is 75.9 Å². The van der Waals surface area contributed by atoms with Gasteiger partial charge in [0.1, 0.15) is 35.9 Å². The Bertz CT molecular complexity index is 1200. The SMILES string of the molecule is C/C=C(\C)[C@H]1O[C@@]2(CC3CC(C/C=C(\C)C[C@@H](C)/C=C/C=C4\COC5[C@H](O)C(C)=CC(C(=O)O3)[C@]45O)O2)[C@H](O)C[C@@H]1C. The van der Waals surface area contributed by atoms with Crippen LogP contribution >= 0.6 is 0 Å². The first kappa shape index (κ1) is 31.4. The summed E-state index contributed by atoms with van der Waals surface area (Å²) in [5, 5.41) is 34.4. The van der Waals surface area contributed by atoms with Crippen LogP contribution in [0.2, 0.25) is 0 Å². The van der Waals surface area contributed by atoms with Gasteiger partial charge in [0.15, 0.2) is 5.79 Å². The summed E-state index contributed by atoms with van der Waals surface area (Å²) >= 11 is 0. The van der Waals surface area contributed by atoms with Crippen LogP contribution < -0.4 is 0 Å². The number of esters is 1. The smallest absolute Gasteiger partial charge is 0.316 e. The van der Waals surface area contributed by atoms with Crippen molar-refractivity contribution in [2.45, 2.75) is 122 Å². The molecule has 1 aliphatic carbocycles. The molecule has 3 saturated heterocycles. The van der Waals surface area contributed by atoms with E-state index in [2.05, 4.69) is 32.9 Å². The Morgan fingerprint density at radius 3 is 2.62 bits per heavy atom. The second-order valence-corrected chi connectivity index (χ2v) is 13.3. The van der Waals surface area contributed by atoms with E-state index in [1.807, 2.05) is 26.0 Å². The van der Waals surface area contributed by atoms with Gasteiger partial charge in [0, 0.05) is 12.8 Å². The molecule has 8 nitrogen and oxygen atoms in total. The van der Waals surface area contributed by atoms with E-state index in [-0.39, 0.29) is 37.1 Å². The van der Waals surface area contributed by atoms with Gasteiger partial charge in [0.25, 0.3) is 0 Å². The number of fused-ring (bicyclic) bond motifs is 2. The van der Waals surface area contributed by atoms with E-state index in [0.717, 1.165) is 12.0 Å². The van der Waals surface area contributed by atoms with Crippen molar-refractivity contribution in [2.75, 3.05) is 6.61 Å². The first-order valence-electron chi connectivity index (χ1n) is 15.5. The molecule has 4 unspecified atom stereocenters. The monoisotopic (exact) mass is 584 g/mol. The Balaban J connectivity index is 1.54. The van der Waals surface area contributed by atoms with E-state index in [1.54, 1.807) is 19.1 Å². The van der Waals surface area contributed by atoms with Crippen LogP contribution in [0.3, 0.4) is 0 Å². The Morgan fingerprint density at radius 2 is 1.88 bits per heavy atom. The predicted molar refractivity (Wildman–Crippen MR) is 158 cm³/mol. The van der Waals surface area contributed by atoms with E-state index in [0.29, 0.717) is 30.4 Å². The number of allylic oxidation sites excluding steroid dienone is 5. The normalized spacial score (nSPS) is 48.3. The van der Waals surface area contributed by atoms with Gasteiger partial charge in [-0.2, -0.15) is 0 Å². The van der Waals surface area contributed by atoms with Gasteiger partial charge in [-0.1, -0.05) is 55.9 Å². The van der Waals surface area contributed by atoms with Crippen LogP contribution in [0.25, 0.3) is 0 Å². The van der Waals surface area contributed by atoms with E-state index in [1.165, 1.54) is 5.57 Å². The van der Waals surface area contributed by atoms with E-state index < -0.39 is 47.7 Å². The number of hydrogen-bond acceptors (Lipinski definition) is 8. The molecule has 0 aromatic heterocycles. The van der Waals surface area contributed by atoms with Crippen molar-refractivity contribution in [3.8, 4) is 0 Å². The highest BCUT2D eigenvalue weighted by Gasteiger charge is 2.60. The van der Waals surface area contributed by atoms with Crippen LogP contribution in [-0.2, 0) is 23.7 Å². The average molecular weight is 585 g/mol. The molecule has 5 rings (SSSR count). The lowest BCUT2D eigenvalue weighted by atomic mass is 9.71. The molecule has 232 valence electrons. The number of ether oxygens (including phenoxy) is 4. The highest BCUT2D eigenvalue weighted by atomic mass is 16.7. The van der Waals surface area contributed by atoms with Crippen molar-refractivity contribution < 1.29 is 39.1 Å². The fourth-order valence-electron chi connectivity index (χ4n) is 7.43. The maximum absolute atomic E-state index is 14.0. The van der Waals surface area contributed by atoms with Crippen molar-refractivity contribution in [1.29, 1.82) is 0 Å². The molecule has 0 aromatic rings. The minimum atomic E-state index is -1.75. The number of aliphatic hydroxyl groups is 3. The second-order valence-electron chi connectivity index (χ2n) is 13.3. The zero-order valence-electron chi connectivity index (χ0n) is 25.8. The van der Waals surface area contributed by atoms with Gasteiger partial charge in [-0.25, -0.2) is 0 Å². The number of carbonyl (C=O) groups is 1. The van der Waals surface area contributed by atoms with Gasteiger partial charge in [0.05, 0.1) is 18.8 Å². The van der Waals surface area contributed by atoms with E-state index >= 15 is 0 Å². The summed E-state index contributed by atoms with van der Waals surface area (Å²) in [6, 6.07) is 0. The Hall–Kier alpha value is -2.07. The van der Waals surface area contributed by atoms with Crippen LogP contribution in [0.1, 0.15) is 73.6 Å². The quantitative estimate of drug-likeness (QED) is 0.306. The maximum atomic E-state index is 14.0. The van der Waals surface area contributed by atoms with Crippen molar-refractivity contribution >= 4 is 5.97 Å². The summed E-state index contributed by atoms with van der Waals surface area (Å²) < 4.78 is 25.3. The highest BCUT2D eigenvalue weighted by molar-refractivity contribution is 5.78. The molecule has 3 N–H and O–H groups in total. The standard InChI is InChI=1S/C34H48O8/c1-7-21(4)30-23(6)15-28(35)33(42-30)17-26-16-25(41-33)12-11-20(3)13-19(2)9-8-10-24-18-39-31-29(36)22(5)14-27(32(37)40-26)34(24,31)38/h7-11,14,19,23,25-31,35-36,38H,12-13,15-18H2,1-6H3/b9-8+,20-11+,21-7+,24-10+/t19-,23-,25?,26?,27?,28+,29+,30+,31?,33-,34+/m0/s1. The molecule has 0 amide bonds.